The van der Waals surface area contributed by atoms with Crippen LogP contribution in [0.3, 0.4) is 0 Å². The van der Waals surface area contributed by atoms with Crippen LogP contribution in [-0.2, 0) is 22.9 Å². The first-order chi connectivity index (χ1) is 13.9. The fraction of sp³-hybridized carbons (Fsp3) is 0.476. The Balaban J connectivity index is 1.93. The van der Waals surface area contributed by atoms with Crippen LogP contribution in [0, 0.1) is 0 Å². The van der Waals surface area contributed by atoms with Gasteiger partial charge in [0.25, 0.3) is 5.91 Å². The Labute approximate surface area is 176 Å². The van der Waals surface area contributed by atoms with Gasteiger partial charge in [-0.05, 0) is 56.4 Å². The van der Waals surface area contributed by atoms with E-state index in [-0.39, 0.29) is 10.8 Å². The maximum Gasteiger partial charge on any atom is 0.256 e. The summed E-state index contributed by atoms with van der Waals surface area (Å²) in [5.41, 5.74) is 2.28. The Morgan fingerprint density at radius 3 is 2.59 bits per heavy atom. The van der Waals surface area contributed by atoms with Crippen molar-refractivity contribution in [1.82, 2.24) is 4.31 Å². The van der Waals surface area contributed by atoms with Crippen LogP contribution in [0.4, 0.5) is 5.69 Å². The van der Waals surface area contributed by atoms with Crippen molar-refractivity contribution in [3.63, 3.8) is 0 Å². The molecule has 0 aliphatic heterocycles. The Bertz CT molecular complexity index is 979. The number of thiophene rings is 1. The quantitative estimate of drug-likeness (QED) is 0.669. The fourth-order valence-electron chi connectivity index (χ4n) is 3.65. The van der Waals surface area contributed by atoms with E-state index >= 15 is 0 Å². The second-order valence-electron chi connectivity index (χ2n) is 6.90. The molecule has 158 valence electrons. The molecule has 1 amide bonds. The number of anilines is 1. The molecule has 0 unspecified atom stereocenters. The molecule has 1 N–H and O–H groups in total. The van der Waals surface area contributed by atoms with Gasteiger partial charge in [0.05, 0.1) is 12.2 Å². The van der Waals surface area contributed by atoms with E-state index in [2.05, 4.69) is 5.32 Å². The summed E-state index contributed by atoms with van der Waals surface area (Å²) >= 11 is 1.63. The van der Waals surface area contributed by atoms with Crippen molar-refractivity contribution in [2.75, 3.05) is 25.0 Å². The van der Waals surface area contributed by atoms with Crippen molar-refractivity contribution in [3.05, 3.63) is 39.6 Å². The lowest BCUT2D eigenvalue weighted by atomic mass is 9.95. The summed E-state index contributed by atoms with van der Waals surface area (Å²) in [6, 6.07) is 4.79. The van der Waals surface area contributed by atoms with Crippen LogP contribution in [0.15, 0.2) is 28.5 Å². The number of rotatable bonds is 8. The van der Waals surface area contributed by atoms with Gasteiger partial charge in [0.2, 0.25) is 10.0 Å². The molecule has 0 saturated carbocycles. The van der Waals surface area contributed by atoms with Gasteiger partial charge in [0, 0.05) is 29.0 Å². The molecule has 1 aliphatic carbocycles. The van der Waals surface area contributed by atoms with Gasteiger partial charge in [0.15, 0.2) is 0 Å². The average molecular weight is 437 g/mol. The Kier molecular flexibility index (Phi) is 6.97. The van der Waals surface area contributed by atoms with Gasteiger partial charge >= 0.3 is 0 Å². The molecule has 29 heavy (non-hydrogen) atoms. The fourth-order valence-corrected chi connectivity index (χ4v) is 6.39. The summed E-state index contributed by atoms with van der Waals surface area (Å²) in [6.07, 6.45) is 4.22. The summed E-state index contributed by atoms with van der Waals surface area (Å²) in [6.45, 7) is 6.49. The minimum Gasteiger partial charge on any atom is -0.492 e. The number of aryl methyl sites for hydroxylation is 1. The smallest absolute Gasteiger partial charge is 0.256 e. The molecule has 1 aromatic carbocycles. The van der Waals surface area contributed by atoms with E-state index in [0.29, 0.717) is 36.7 Å². The van der Waals surface area contributed by atoms with Gasteiger partial charge in [-0.2, -0.15) is 4.31 Å². The second kappa shape index (κ2) is 9.28. The summed E-state index contributed by atoms with van der Waals surface area (Å²) in [4.78, 5) is 14.2. The van der Waals surface area contributed by atoms with Crippen LogP contribution in [0.1, 0.15) is 54.4 Å². The molecule has 0 radical (unpaired) electrons. The highest BCUT2D eigenvalue weighted by molar-refractivity contribution is 7.89. The molecule has 8 heteroatoms. The lowest BCUT2D eigenvalue weighted by Crippen LogP contribution is -2.31. The van der Waals surface area contributed by atoms with Crippen LogP contribution in [0.5, 0.6) is 5.75 Å². The number of carbonyl (C=O) groups excluding carboxylic acids is 1. The minimum atomic E-state index is -3.72. The maximum absolute atomic E-state index is 13.1. The third kappa shape index (κ3) is 4.49. The monoisotopic (exact) mass is 436 g/mol. The number of sulfonamides is 1. The minimum absolute atomic E-state index is 0.0770. The lowest BCUT2D eigenvalue weighted by Gasteiger charge is -2.21. The third-order valence-corrected chi connectivity index (χ3v) is 8.29. The van der Waals surface area contributed by atoms with E-state index in [4.69, 9.17) is 4.74 Å². The molecular formula is C21H28N2O4S2. The van der Waals surface area contributed by atoms with Gasteiger partial charge in [0.1, 0.15) is 10.6 Å². The second-order valence-corrected chi connectivity index (χ2v) is 9.77. The number of fused-ring (bicyclic) bond motifs is 1. The molecule has 0 bridgehead atoms. The number of nitrogens with one attached hydrogen (secondary N) is 1. The SMILES string of the molecule is CCOc1ccc(NC(=O)c2csc3c2CCCC3)cc1S(=O)(=O)N(CC)CC. The molecule has 0 fully saturated rings. The van der Waals surface area contributed by atoms with Crippen LogP contribution < -0.4 is 10.1 Å². The average Bonchev–Trinajstić information content (AvgIpc) is 3.14. The zero-order chi connectivity index (χ0) is 21.0. The van der Waals surface area contributed by atoms with E-state index in [1.165, 1.54) is 21.7 Å². The van der Waals surface area contributed by atoms with Gasteiger partial charge in [-0.25, -0.2) is 8.42 Å². The van der Waals surface area contributed by atoms with Gasteiger partial charge < -0.3 is 10.1 Å². The van der Waals surface area contributed by atoms with Crippen LogP contribution >= 0.6 is 11.3 Å². The Morgan fingerprint density at radius 1 is 1.17 bits per heavy atom. The van der Waals surface area contributed by atoms with E-state index in [9.17, 15) is 13.2 Å². The van der Waals surface area contributed by atoms with E-state index in [0.717, 1.165) is 24.8 Å². The molecule has 6 nitrogen and oxygen atoms in total. The normalized spacial score (nSPS) is 13.9. The molecule has 1 aromatic heterocycles. The molecule has 0 spiro atoms. The van der Waals surface area contributed by atoms with Crippen molar-refractivity contribution in [2.24, 2.45) is 0 Å². The topological polar surface area (TPSA) is 75.7 Å². The summed E-state index contributed by atoms with van der Waals surface area (Å²) in [5.74, 6) is 0.102. The zero-order valence-electron chi connectivity index (χ0n) is 17.2. The molecule has 1 heterocycles. The Hall–Kier alpha value is -1.90. The van der Waals surface area contributed by atoms with Crippen molar-refractivity contribution < 1.29 is 17.9 Å². The number of carbonyl (C=O) groups is 1. The van der Waals surface area contributed by atoms with E-state index in [1.807, 2.05) is 12.3 Å². The van der Waals surface area contributed by atoms with Gasteiger partial charge in [-0.1, -0.05) is 13.8 Å². The third-order valence-electron chi connectivity index (χ3n) is 5.13. The van der Waals surface area contributed by atoms with Crippen molar-refractivity contribution in [1.29, 1.82) is 0 Å². The molecule has 0 saturated heterocycles. The highest BCUT2D eigenvalue weighted by Crippen LogP contribution is 2.32. The summed E-state index contributed by atoms with van der Waals surface area (Å²) in [7, 11) is -3.72. The first-order valence-electron chi connectivity index (χ1n) is 10.1. The highest BCUT2D eigenvalue weighted by atomic mass is 32.2. The van der Waals surface area contributed by atoms with Crippen LogP contribution in [0.25, 0.3) is 0 Å². The van der Waals surface area contributed by atoms with Crippen molar-refractivity contribution in [3.8, 4) is 5.75 Å². The number of nitrogens with zero attached hydrogens (tertiary/aromatic N) is 1. The predicted molar refractivity (Wildman–Crippen MR) is 117 cm³/mol. The summed E-state index contributed by atoms with van der Waals surface area (Å²) < 4.78 is 33.1. The van der Waals surface area contributed by atoms with Crippen LogP contribution in [0.2, 0.25) is 0 Å². The maximum atomic E-state index is 13.1. The first kappa shape index (κ1) is 21.8. The first-order valence-corrected chi connectivity index (χ1v) is 12.4. The molecule has 1 aliphatic rings. The highest BCUT2D eigenvalue weighted by Gasteiger charge is 2.27. The standard InChI is InChI=1S/C21H28N2O4S2/c1-4-23(5-2)29(25,26)20-13-15(11-12-18(20)27-6-3)22-21(24)17-14-28-19-10-8-7-9-16(17)19/h11-14H,4-10H2,1-3H3,(H,22,24). The Morgan fingerprint density at radius 2 is 1.90 bits per heavy atom. The zero-order valence-corrected chi connectivity index (χ0v) is 18.8. The number of ether oxygens (including phenoxy) is 1. The number of hydrogen-bond acceptors (Lipinski definition) is 5. The summed E-state index contributed by atoms with van der Waals surface area (Å²) in [5, 5.41) is 4.79. The number of benzene rings is 1. The number of hydrogen-bond donors (Lipinski definition) is 1. The largest absolute Gasteiger partial charge is 0.492 e. The van der Waals surface area contributed by atoms with Crippen LogP contribution in [-0.4, -0.2) is 38.3 Å². The lowest BCUT2D eigenvalue weighted by molar-refractivity contribution is 0.102. The molecular weight excluding hydrogens is 408 g/mol. The van der Waals surface area contributed by atoms with Gasteiger partial charge in [-0.3, -0.25) is 4.79 Å². The van der Waals surface area contributed by atoms with E-state index in [1.54, 1.807) is 37.3 Å². The molecule has 3 rings (SSSR count). The number of amides is 1. The predicted octanol–water partition coefficient (Wildman–Crippen LogP) is 4.31. The molecule has 2 aromatic rings. The molecule has 0 atom stereocenters. The van der Waals surface area contributed by atoms with E-state index < -0.39 is 10.0 Å². The van der Waals surface area contributed by atoms with Gasteiger partial charge in [-0.15, -0.1) is 11.3 Å². The van der Waals surface area contributed by atoms with Crippen molar-refractivity contribution in [2.45, 2.75) is 51.3 Å². The van der Waals surface area contributed by atoms with Crippen molar-refractivity contribution >= 4 is 33.0 Å².